The Kier molecular flexibility index (Phi) is 32.2. The number of rotatable bonds is 41. The van der Waals surface area contributed by atoms with Gasteiger partial charge in [0.1, 0.15) is 12.4 Å². The maximum atomic E-state index is 14.9. The molecule has 2 aliphatic heterocycles. The number of sulfone groups is 1. The van der Waals surface area contributed by atoms with E-state index in [0.717, 1.165) is 4.90 Å². The molecule has 2 aromatic rings. The van der Waals surface area contributed by atoms with E-state index in [4.69, 9.17) is 19.9 Å². The van der Waals surface area contributed by atoms with Gasteiger partial charge in [0.2, 0.25) is 23.6 Å². The van der Waals surface area contributed by atoms with Crippen molar-refractivity contribution in [3.63, 3.8) is 0 Å². The summed E-state index contributed by atoms with van der Waals surface area (Å²) in [6.45, 7) is 17.0. The van der Waals surface area contributed by atoms with Gasteiger partial charge in [-0.2, -0.15) is 0 Å². The summed E-state index contributed by atoms with van der Waals surface area (Å²) in [4.78, 5) is 153. The van der Waals surface area contributed by atoms with Crippen LogP contribution in [0.1, 0.15) is 150 Å². The Balaban J connectivity index is 1.38. The number of nitrogens with two attached hydrogens (primary N) is 1. The summed E-state index contributed by atoms with van der Waals surface area (Å²) in [6, 6.07) is 11.4. The Morgan fingerprint density at radius 2 is 1.38 bits per heavy atom. The van der Waals surface area contributed by atoms with E-state index in [2.05, 4.69) is 16.0 Å². The first-order chi connectivity index (χ1) is 44.4. The molecule has 0 aliphatic carbocycles. The molecular formula is C69H104N8O16S. The van der Waals surface area contributed by atoms with Gasteiger partial charge in [-0.3, -0.25) is 48.1 Å². The molecule has 2 aliphatic rings. The third kappa shape index (κ3) is 23.8. The fourth-order valence-electron chi connectivity index (χ4n) is 12.6. The number of nitrogens with zero attached hydrogens (tertiary/aromatic N) is 4. The number of Topliss-reactive ketones (excluding diaryl/α,β-unsaturated/α-hetero) is 3. The number of hydrogen-bond acceptors (Lipinski definition) is 16. The van der Waals surface area contributed by atoms with Gasteiger partial charge in [-0.25, -0.2) is 18.0 Å². The normalized spacial score (nSPS) is 17.0. The molecular weight excluding hydrogens is 1230 g/mol. The molecule has 522 valence electrons. The van der Waals surface area contributed by atoms with Gasteiger partial charge in [0.05, 0.1) is 48.5 Å². The van der Waals surface area contributed by atoms with Crippen LogP contribution in [0.3, 0.4) is 0 Å². The van der Waals surface area contributed by atoms with E-state index in [9.17, 15) is 61.2 Å². The number of likely N-dealkylation sites (N-methyl/N-ethyl adjacent to an activating group) is 2. The molecule has 0 radical (unpaired) electrons. The number of anilines is 1. The number of benzene rings is 2. The molecule has 4 rings (SSSR count). The van der Waals surface area contributed by atoms with Gasteiger partial charge >= 0.3 is 12.1 Å². The van der Waals surface area contributed by atoms with Crippen molar-refractivity contribution in [2.24, 2.45) is 47.2 Å². The predicted octanol–water partition coefficient (Wildman–Crippen LogP) is 7.20. The van der Waals surface area contributed by atoms with Crippen LogP contribution < -0.4 is 21.7 Å². The lowest BCUT2D eigenvalue weighted by molar-refractivity contribution is -0.149. The minimum Gasteiger partial charge on any atom is -0.445 e. The SMILES string of the molecule is CC[C@H](C)[C@@H]([C@@H](CC(=O)N1CCC[C@H]1[C@H](OC)[C@@H](C)C(=O)CS(=O)(=O)Cc1ccccc1)OC)N(C)C(=O)[C@@H](CC(=O)[C@H](C(C)C)N(C)C(=O)OCc1ccc(NC(=O)[C@H](CCCNC(N)=O)CC(=O)[C@@H](NC(=O)CCCCCN2C(=O)C=CC2=O)C(C)C)cc1)C(C)C. The number of likely N-dealkylation sites (tertiary alicyclic amines) is 1. The largest absolute Gasteiger partial charge is 0.445 e. The highest BCUT2D eigenvalue weighted by molar-refractivity contribution is 7.91. The highest BCUT2D eigenvalue weighted by Crippen LogP contribution is 2.32. The van der Waals surface area contributed by atoms with E-state index >= 15 is 0 Å². The van der Waals surface area contributed by atoms with Gasteiger partial charge in [0, 0.05) is 103 Å². The van der Waals surface area contributed by atoms with Crippen molar-refractivity contribution in [3.8, 4) is 0 Å². The quantitative estimate of drug-likeness (QED) is 0.0377. The Labute approximate surface area is 555 Å². The van der Waals surface area contributed by atoms with Crippen LogP contribution in [0.4, 0.5) is 15.3 Å². The molecule has 0 spiro atoms. The van der Waals surface area contributed by atoms with Crippen molar-refractivity contribution in [3.05, 3.63) is 77.9 Å². The van der Waals surface area contributed by atoms with Crippen LogP contribution in [0.5, 0.6) is 0 Å². The first-order valence-corrected chi connectivity index (χ1v) is 34.8. The molecule has 0 bridgehead atoms. The van der Waals surface area contributed by atoms with Crippen molar-refractivity contribution < 1.29 is 75.4 Å². The molecule has 2 heterocycles. The van der Waals surface area contributed by atoms with E-state index in [1.165, 1.54) is 38.3 Å². The number of primary amides is 1. The second kappa shape index (κ2) is 38.2. The smallest absolute Gasteiger partial charge is 0.410 e. The Morgan fingerprint density at radius 3 is 1.96 bits per heavy atom. The van der Waals surface area contributed by atoms with E-state index in [0.29, 0.717) is 68.3 Å². The monoisotopic (exact) mass is 1330 g/mol. The Morgan fingerprint density at radius 1 is 0.734 bits per heavy atom. The summed E-state index contributed by atoms with van der Waals surface area (Å²) in [5, 5.41) is 8.17. The van der Waals surface area contributed by atoms with Crippen molar-refractivity contribution in [2.75, 3.05) is 59.0 Å². The van der Waals surface area contributed by atoms with Gasteiger partial charge in [0.15, 0.2) is 27.2 Å². The molecule has 0 unspecified atom stereocenters. The summed E-state index contributed by atoms with van der Waals surface area (Å²) in [7, 11) is 2.25. The van der Waals surface area contributed by atoms with E-state index in [1.807, 2.05) is 27.7 Å². The molecule has 5 N–H and O–H groups in total. The van der Waals surface area contributed by atoms with E-state index < -0.39 is 99.5 Å². The molecule has 94 heavy (non-hydrogen) atoms. The van der Waals surface area contributed by atoms with Crippen LogP contribution in [0.2, 0.25) is 0 Å². The predicted molar refractivity (Wildman–Crippen MR) is 356 cm³/mol. The summed E-state index contributed by atoms with van der Waals surface area (Å²) in [5.41, 5.74) is 6.75. The molecule has 0 saturated carbocycles. The third-order valence-corrected chi connectivity index (χ3v) is 19.6. The van der Waals surface area contributed by atoms with Crippen LogP contribution in [0.25, 0.3) is 0 Å². The highest BCUT2D eigenvalue weighted by atomic mass is 32.2. The van der Waals surface area contributed by atoms with Gasteiger partial charge in [-0.1, -0.05) is 118 Å². The molecule has 24 nitrogen and oxygen atoms in total. The van der Waals surface area contributed by atoms with Crippen LogP contribution in [-0.2, 0) is 79.6 Å². The first kappa shape index (κ1) is 79.1. The molecule has 0 aromatic heterocycles. The van der Waals surface area contributed by atoms with Crippen LogP contribution >= 0.6 is 0 Å². The standard InChI is InChI=1S/C69H104N8O16S/c1-14-46(8)64(57(91-12)39-61(84)76-36-22-26-53(76)65(92-13)47(9)56(80)42-94(89,90)41-49-23-17-15-18-24-49)74(10)67(86)52(43(2)3)38-55(79)63(45(6)7)75(11)69(88)93-40-48-28-30-51(31-29-48)72-66(85)50(25-21-34-71-68(70)87)37-54(78)62(44(4)5)73-58(81)27-19-16-20-35-77-59(82)32-33-60(77)83/h15,17-18,23-24,28-33,43-47,50,52-53,57,62-65H,14,16,19-22,25-27,34-42H2,1-13H3,(H,72,85)(H,73,81)(H3,70,71,87)/t46-,47-,50+,52-,53-,57+,62-,63-,64-,65+/m0/s1. The third-order valence-electron chi connectivity index (χ3n) is 18.1. The number of methoxy groups -OCH3 is 2. The number of carbonyl (C=O) groups is 11. The fourth-order valence-corrected chi connectivity index (χ4v) is 14.1. The molecule has 9 amide bonds. The molecule has 1 saturated heterocycles. The summed E-state index contributed by atoms with van der Waals surface area (Å²) in [5.74, 6) is -8.10. The lowest BCUT2D eigenvalue weighted by Gasteiger charge is -2.41. The number of ketones is 3. The van der Waals surface area contributed by atoms with E-state index in [1.54, 1.807) is 106 Å². The summed E-state index contributed by atoms with van der Waals surface area (Å²) >= 11 is 0. The topological polar surface area (TPSA) is 325 Å². The Hall–Kier alpha value is -7.38. The molecule has 1 fully saturated rings. The summed E-state index contributed by atoms with van der Waals surface area (Å²) < 4.78 is 44.0. The number of amides is 9. The van der Waals surface area contributed by atoms with Crippen LogP contribution in [0.15, 0.2) is 66.7 Å². The second-order valence-electron chi connectivity index (χ2n) is 26.2. The van der Waals surface area contributed by atoms with E-state index in [-0.39, 0.29) is 116 Å². The highest BCUT2D eigenvalue weighted by Gasteiger charge is 2.44. The minimum atomic E-state index is -3.80. The van der Waals surface area contributed by atoms with Gasteiger partial charge in [-0.05, 0) is 85.5 Å². The number of imide groups is 1. The maximum Gasteiger partial charge on any atom is 0.410 e. The lowest BCUT2D eigenvalue weighted by atomic mass is 9.83. The number of carbonyl (C=O) groups excluding carboxylic acids is 11. The number of nitrogens with one attached hydrogen (secondary N) is 3. The zero-order chi connectivity index (χ0) is 70.1. The lowest BCUT2D eigenvalue weighted by Crippen LogP contribution is -2.54. The first-order valence-electron chi connectivity index (χ1n) is 33.0. The van der Waals surface area contributed by atoms with Crippen LogP contribution in [0, 0.1) is 41.4 Å². The van der Waals surface area contributed by atoms with Crippen molar-refractivity contribution in [1.82, 2.24) is 30.2 Å². The number of ether oxygens (including phenoxy) is 3. The number of unbranched alkanes of at least 4 members (excludes halogenated alkanes) is 2. The number of hydrogen-bond donors (Lipinski definition) is 4. The molecule has 10 atom stereocenters. The van der Waals surface area contributed by atoms with Crippen molar-refractivity contribution in [2.45, 2.75) is 188 Å². The Bertz CT molecular complexity index is 3030. The average Bonchev–Trinajstić information content (AvgIpc) is 1.25. The molecule has 25 heteroatoms. The minimum absolute atomic E-state index is 0.112. The second-order valence-corrected chi connectivity index (χ2v) is 28.3. The van der Waals surface area contributed by atoms with Crippen LogP contribution in [-0.4, -0.2) is 183 Å². The zero-order valence-electron chi connectivity index (χ0n) is 57.4. The molecule has 2 aromatic carbocycles. The zero-order valence-corrected chi connectivity index (χ0v) is 58.2. The summed E-state index contributed by atoms with van der Waals surface area (Å²) in [6.07, 6.45) is 3.47. The number of urea groups is 1. The van der Waals surface area contributed by atoms with Gasteiger partial charge in [-0.15, -0.1) is 0 Å². The van der Waals surface area contributed by atoms with Crippen molar-refractivity contribution >= 4 is 80.4 Å². The maximum absolute atomic E-state index is 14.9. The van der Waals surface area contributed by atoms with Crippen molar-refractivity contribution in [1.29, 1.82) is 0 Å². The van der Waals surface area contributed by atoms with Gasteiger partial charge in [0.25, 0.3) is 11.8 Å². The average molecular weight is 1330 g/mol. The fraction of sp³-hybridized carbons (Fsp3) is 0.638. The van der Waals surface area contributed by atoms with Gasteiger partial charge < -0.3 is 50.6 Å².